The maximum Gasteiger partial charge on any atom is 0.276 e. The van der Waals surface area contributed by atoms with Crippen molar-refractivity contribution in [1.29, 1.82) is 0 Å². The molecule has 6 heteroatoms. The number of halogens is 1. The van der Waals surface area contributed by atoms with Gasteiger partial charge in [0.05, 0.1) is 18.3 Å². The smallest absolute Gasteiger partial charge is 0.276 e. The van der Waals surface area contributed by atoms with Crippen LogP contribution in [0.3, 0.4) is 0 Å². The van der Waals surface area contributed by atoms with Gasteiger partial charge in [-0.1, -0.05) is 53.6 Å². The van der Waals surface area contributed by atoms with Crippen molar-refractivity contribution >= 4 is 17.1 Å². The van der Waals surface area contributed by atoms with Crippen LogP contribution < -0.4 is 5.56 Å². The zero-order valence-electron chi connectivity index (χ0n) is 14.7. The lowest BCUT2D eigenvalue weighted by molar-refractivity contribution is 0.155. The molecule has 136 valence electrons. The number of hydrogen-bond donors (Lipinski definition) is 1. The van der Waals surface area contributed by atoms with Gasteiger partial charge in [0.2, 0.25) is 0 Å². The number of nitrogens with zero attached hydrogens (tertiary/aromatic N) is 3. The minimum absolute atomic E-state index is 0.140. The number of hydrogen-bond acceptors (Lipinski definition) is 3. The molecule has 0 amide bonds. The first-order chi connectivity index (χ1) is 13.0. The Labute approximate surface area is 161 Å². The molecule has 5 nitrogen and oxygen atoms in total. The Morgan fingerprint density at radius 2 is 1.89 bits per heavy atom. The molecule has 4 aromatic rings. The van der Waals surface area contributed by atoms with Crippen LogP contribution in [-0.2, 0) is 6.54 Å². The summed E-state index contributed by atoms with van der Waals surface area (Å²) in [7, 11) is 0. The SMILES string of the molecule is Cc1ccc(-c2cc3c(=O)n(C[C@H](O)c4cccc(Cl)c4)ccn3n2)cc1. The number of fused-ring (bicyclic) bond motifs is 1. The zero-order valence-corrected chi connectivity index (χ0v) is 15.5. The molecule has 0 radical (unpaired) electrons. The van der Waals surface area contributed by atoms with E-state index in [0.717, 1.165) is 11.3 Å². The van der Waals surface area contributed by atoms with E-state index < -0.39 is 6.10 Å². The highest BCUT2D eigenvalue weighted by Crippen LogP contribution is 2.20. The molecule has 2 aromatic carbocycles. The first kappa shape index (κ1) is 17.5. The lowest BCUT2D eigenvalue weighted by Crippen LogP contribution is -2.24. The highest BCUT2D eigenvalue weighted by atomic mass is 35.5. The molecule has 0 saturated carbocycles. The third-order valence-electron chi connectivity index (χ3n) is 4.55. The van der Waals surface area contributed by atoms with Crippen molar-refractivity contribution in [3.63, 3.8) is 0 Å². The molecule has 2 heterocycles. The fourth-order valence-corrected chi connectivity index (χ4v) is 3.24. The van der Waals surface area contributed by atoms with Gasteiger partial charge in [0.25, 0.3) is 5.56 Å². The molecule has 0 aliphatic carbocycles. The van der Waals surface area contributed by atoms with Gasteiger partial charge in [0.15, 0.2) is 0 Å². The molecule has 2 aromatic heterocycles. The number of aromatic nitrogens is 3. The third kappa shape index (κ3) is 3.52. The van der Waals surface area contributed by atoms with E-state index in [9.17, 15) is 9.90 Å². The highest BCUT2D eigenvalue weighted by molar-refractivity contribution is 6.30. The van der Waals surface area contributed by atoms with Crippen LogP contribution in [0.15, 0.2) is 71.8 Å². The highest BCUT2D eigenvalue weighted by Gasteiger charge is 2.13. The molecular formula is C21H18ClN3O2. The number of aliphatic hydroxyl groups excluding tert-OH is 1. The summed E-state index contributed by atoms with van der Waals surface area (Å²) in [5, 5.41) is 15.5. The van der Waals surface area contributed by atoms with Crippen LogP contribution in [0.1, 0.15) is 17.2 Å². The van der Waals surface area contributed by atoms with Crippen molar-refractivity contribution in [2.24, 2.45) is 0 Å². The first-order valence-corrected chi connectivity index (χ1v) is 8.98. The van der Waals surface area contributed by atoms with Crippen LogP contribution in [0.5, 0.6) is 0 Å². The van der Waals surface area contributed by atoms with Gasteiger partial charge in [-0.15, -0.1) is 0 Å². The van der Waals surface area contributed by atoms with Crippen LogP contribution in [0.25, 0.3) is 16.8 Å². The largest absolute Gasteiger partial charge is 0.387 e. The second-order valence-corrected chi connectivity index (χ2v) is 6.99. The van der Waals surface area contributed by atoms with Gasteiger partial charge in [0, 0.05) is 23.0 Å². The molecule has 0 unspecified atom stereocenters. The minimum Gasteiger partial charge on any atom is -0.387 e. The second kappa shape index (κ2) is 7.02. The van der Waals surface area contributed by atoms with E-state index >= 15 is 0 Å². The van der Waals surface area contributed by atoms with E-state index in [1.165, 1.54) is 10.1 Å². The summed E-state index contributed by atoms with van der Waals surface area (Å²) in [4.78, 5) is 12.8. The fraction of sp³-hybridized carbons (Fsp3) is 0.143. The molecule has 1 atom stereocenters. The van der Waals surface area contributed by atoms with Gasteiger partial charge in [-0.25, -0.2) is 4.52 Å². The van der Waals surface area contributed by atoms with Crippen molar-refractivity contribution in [2.75, 3.05) is 0 Å². The fourth-order valence-electron chi connectivity index (χ4n) is 3.04. The lowest BCUT2D eigenvalue weighted by atomic mass is 10.1. The van der Waals surface area contributed by atoms with E-state index in [-0.39, 0.29) is 12.1 Å². The van der Waals surface area contributed by atoms with Gasteiger partial charge in [-0.2, -0.15) is 5.10 Å². The standard InChI is InChI=1S/C21H18ClN3O2/c1-14-5-7-15(8-6-14)18-12-19-21(27)24(9-10-25(19)23-18)13-20(26)16-3-2-4-17(22)11-16/h2-12,20,26H,13H2,1H3/t20-/m0/s1. The first-order valence-electron chi connectivity index (χ1n) is 8.61. The predicted molar refractivity (Wildman–Crippen MR) is 106 cm³/mol. The molecule has 4 rings (SSSR count). The molecule has 0 spiro atoms. The lowest BCUT2D eigenvalue weighted by Gasteiger charge is -2.13. The quantitative estimate of drug-likeness (QED) is 0.585. The van der Waals surface area contributed by atoms with Crippen molar-refractivity contribution in [1.82, 2.24) is 14.2 Å². The summed E-state index contributed by atoms with van der Waals surface area (Å²) >= 11 is 5.98. The Balaban J connectivity index is 1.68. The van der Waals surface area contributed by atoms with Crippen LogP contribution in [0, 0.1) is 6.92 Å². The summed E-state index contributed by atoms with van der Waals surface area (Å²) < 4.78 is 3.06. The Morgan fingerprint density at radius 1 is 1.11 bits per heavy atom. The second-order valence-electron chi connectivity index (χ2n) is 6.55. The zero-order chi connectivity index (χ0) is 19.0. The van der Waals surface area contributed by atoms with Crippen molar-refractivity contribution in [3.8, 4) is 11.3 Å². The molecule has 1 N–H and O–H groups in total. The van der Waals surface area contributed by atoms with Crippen LogP contribution in [0.4, 0.5) is 0 Å². The Bertz CT molecular complexity index is 1160. The molecule has 0 bridgehead atoms. The van der Waals surface area contributed by atoms with Crippen molar-refractivity contribution in [2.45, 2.75) is 19.6 Å². The number of benzene rings is 2. The van der Waals surface area contributed by atoms with Crippen molar-refractivity contribution < 1.29 is 5.11 Å². The third-order valence-corrected chi connectivity index (χ3v) is 4.79. The average molecular weight is 380 g/mol. The van der Waals surface area contributed by atoms with E-state index in [1.807, 2.05) is 31.2 Å². The van der Waals surface area contributed by atoms with Gasteiger partial charge in [0.1, 0.15) is 5.52 Å². The average Bonchev–Trinajstić information content (AvgIpc) is 3.10. The summed E-state index contributed by atoms with van der Waals surface area (Å²) in [6, 6.07) is 16.8. The molecular weight excluding hydrogens is 362 g/mol. The van der Waals surface area contributed by atoms with Gasteiger partial charge in [-0.3, -0.25) is 4.79 Å². The van der Waals surface area contributed by atoms with E-state index in [1.54, 1.807) is 47.2 Å². The Kier molecular flexibility index (Phi) is 4.56. The Hall–Kier alpha value is -2.89. The van der Waals surface area contributed by atoms with Gasteiger partial charge >= 0.3 is 0 Å². The van der Waals surface area contributed by atoms with Gasteiger partial charge in [-0.05, 0) is 30.7 Å². The Morgan fingerprint density at radius 3 is 2.63 bits per heavy atom. The van der Waals surface area contributed by atoms with E-state index in [0.29, 0.717) is 16.1 Å². The molecule has 0 aliphatic heterocycles. The van der Waals surface area contributed by atoms with E-state index in [2.05, 4.69) is 5.10 Å². The summed E-state index contributed by atoms with van der Waals surface area (Å²) in [5.74, 6) is 0. The monoisotopic (exact) mass is 379 g/mol. The van der Waals surface area contributed by atoms with Crippen LogP contribution >= 0.6 is 11.6 Å². The number of aliphatic hydroxyl groups is 1. The number of aryl methyl sites for hydroxylation is 1. The predicted octanol–water partition coefficient (Wildman–Crippen LogP) is 3.86. The van der Waals surface area contributed by atoms with Gasteiger partial charge < -0.3 is 9.67 Å². The minimum atomic E-state index is -0.830. The maximum atomic E-state index is 12.8. The molecule has 27 heavy (non-hydrogen) atoms. The number of rotatable bonds is 4. The summed E-state index contributed by atoms with van der Waals surface area (Å²) in [6.07, 6.45) is 2.53. The maximum absolute atomic E-state index is 12.8. The van der Waals surface area contributed by atoms with E-state index in [4.69, 9.17) is 11.6 Å². The van der Waals surface area contributed by atoms with Crippen LogP contribution in [0.2, 0.25) is 5.02 Å². The van der Waals surface area contributed by atoms with Crippen molar-refractivity contribution in [3.05, 3.63) is 93.5 Å². The molecule has 0 aliphatic rings. The summed E-state index contributed by atoms with van der Waals surface area (Å²) in [5.41, 5.74) is 3.79. The topological polar surface area (TPSA) is 59.5 Å². The molecule has 0 fully saturated rings. The summed E-state index contributed by atoms with van der Waals surface area (Å²) in [6.45, 7) is 2.16. The van der Waals surface area contributed by atoms with Crippen LogP contribution in [-0.4, -0.2) is 19.3 Å². The molecule has 0 saturated heterocycles. The normalized spacial score (nSPS) is 12.4.